The van der Waals surface area contributed by atoms with Crippen molar-refractivity contribution in [3.8, 4) is 0 Å². The monoisotopic (exact) mass is 318 g/mol. The van der Waals surface area contributed by atoms with Gasteiger partial charge in [-0.05, 0) is 19.3 Å². The molecule has 6 nitrogen and oxygen atoms in total. The van der Waals surface area contributed by atoms with Crippen molar-refractivity contribution in [3.05, 3.63) is 12.7 Å². The summed E-state index contributed by atoms with van der Waals surface area (Å²) in [6.45, 7) is 4.27. The van der Waals surface area contributed by atoms with Crippen molar-refractivity contribution in [2.45, 2.75) is 64.4 Å². The quantitative estimate of drug-likeness (QED) is 0.290. The number of rotatable bonds is 12. The molecule has 0 aliphatic heterocycles. The van der Waals surface area contributed by atoms with Gasteiger partial charge in [0.1, 0.15) is 12.7 Å². The van der Waals surface area contributed by atoms with E-state index in [-0.39, 0.29) is 19.2 Å². The Hall–Kier alpha value is -1.40. The van der Waals surface area contributed by atoms with E-state index in [2.05, 4.69) is 6.58 Å². The summed E-state index contributed by atoms with van der Waals surface area (Å²) in [5, 5.41) is 24.9. The zero-order chi connectivity index (χ0) is 17.2. The Bertz CT molecular complexity index is 286. The fourth-order valence-electron chi connectivity index (χ4n) is 1.58. The summed E-state index contributed by atoms with van der Waals surface area (Å²) >= 11 is 0. The highest BCUT2D eigenvalue weighted by Gasteiger charge is 2.07. The molecule has 0 aromatic rings. The largest absolute Gasteiger partial charge is 0.481 e. The van der Waals surface area contributed by atoms with Crippen LogP contribution in [0.3, 0.4) is 0 Å². The molecule has 0 saturated heterocycles. The summed E-state index contributed by atoms with van der Waals surface area (Å²) in [5.41, 5.74) is 0. The maximum atomic E-state index is 11.2. The van der Waals surface area contributed by atoms with Gasteiger partial charge in [0.05, 0.1) is 6.61 Å². The first-order chi connectivity index (χ1) is 10.4. The van der Waals surface area contributed by atoms with Gasteiger partial charge >= 0.3 is 5.97 Å². The molecule has 130 valence electrons. The third-order valence-corrected chi connectivity index (χ3v) is 2.69. The first-order valence-corrected chi connectivity index (χ1v) is 7.69. The average molecular weight is 318 g/mol. The molecule has 0 aliphatic rings. The van der Waals surface area contributed by atoms with Crippen molar-refractivity contribution >= 4 is 11.9 Å². The minimum Gasteiger partial charge on any atom is -0.481 e. The molecule has 0 aliphatic carbocycles. The second-order valence-corrected chi connectivity index (χ2v) is 4.99. The van der Waals surface area contributed by atoms with E-state index in [1.54, 1.807) is 0 Å². The van der Waals surface area contributed by atoms with Crippen molar-refractivity contribution in [1.82, 2.24) is 0 Å². The first kappa shape index (κ1) is 22.9. The van der Waals surface area contributed by atoms with E-state index < -0.39 is 12.1 Å². The van der Waals surface area contributed by atoms with Crippen LogP contribution in [-0.4, -0.2) is 46.6 Å². The lowest BCUT2D eigenvalue weighted by atomic mass is 10.1. The fourth-order valence-corrected chi connectivity index (χ4v) is 1.58. The molecule has 0 spiro atoms. The van der Waals surface area contributed by atoms with Crippen LogP contribution in [-0.2, 0) is 14.3 Å². The summed E-state index contributed by atoms with van der Waals surface area (Å²) in [7, 11) is 0. The summed E-state index contributed by atoms with van der Waals surface area (Å²) in [6, 6.07) is 0. The number of aliphatic hydroxyl groups excluding tert-OH is 2. The second-order valence-electron chi connectivity index (χ2n) is 4.99. The Balaban J connectivity index is 0. The van der Waals surface area contributed by atoms with E-state index in [9.17, 15) is 4.79 Å². The second kappa shape index (κ2) is 17.7. The van der Waals surface area contributed by atoms with Crippen LogP contribution in [0.15, 0.2) is 12.7 Å². The van der Waals surface area contributed by atoms with Crippen molar-refractivity contribution in [2.24, 2.45) is 0 Å². The van der Waals surface area contributed by atoms with Gasteiger partial charge in [0.25, 0.3) is 5.97 Å². The van der Waals surface area contributed by atoms with Crippen LogP contribution < -0.4 is 0 Å². The SMILES string of the molecule is C=CCCCCCCCCC(=O)OCC(O)CO.CC(=O)O. The Morgan fingerprint density at radius 3 is 2.14 bits per heavy atom. The third-order valence-electron chi connectivity index (χ3n) is 2.69. The van der Waals surface area contributed by atoms with Crippen LogP contribution in [0.4, 0.5) is 0 Å². The standard InChI is InChI=1S/C14H26O4.C2H4O2/c1-2-3-4-5-6-7-8-9-10-14(17)18-12-13(16)11-15;1-2(3)4/h2,13,15-16H,1,3-12H2;1H3,(H,3,4). The van der Waals surface area contributed by atoms with Gasteiger partial charge in [0, 0.05) is 13.3 Å². The van der Waals surface area contributed by atoms with Gasteiger partial charge in [-0.2, -0.15) is 0 Å². The molecule has 3 N–H and O–H groups in total. The molecule has 0 radical (unpaired) electrons. The summed E-state index contributed by atoms with van der Waals surface area (Å²) < 4.78 is 4.79. The van der Waals surface area contributed by atoms with E-state index in [0.29, 0.717) is 6.42 Å². The smallest absolute Gasteiger partial charge is 0.305 e. The summed E-state index contributed by atoms with van der Waals surface area (Å²) in [5.74, 6) is -1.13. The van der Waals surface area contributed by atoms with Crippen LogP contribution >= 0.6 is 0 Å². The molecular formula is C16H30O6. The highest BCUT2D eigenvalue weighted by molar-refractivity contribution is 5.69. The molecule has 6 heteroatoms. The Kier molecular flexibility index (Phi) is 18.4. The number of esters is 1. The third kappa shape index (κ3) is 23.7. The lowest BCUT2D eigenvalue weighted by molar-refractivity contribution is -0.147. The molecule has 0 rings (SSSR count). The Morgan fingerprint density at radius 2 is 1.64 bits per heavy atom. The van der Waals surface area contributed by atoms with Crippen LogP contribution in [0, 0.1) is 0 Å². The number of unbranched alkanes of at least 4 members (excludes halogenated alkanes) is 6. The highest BCUT2D eigenvalue weighted by atomic mass is 16.5. The van der Waals surface area contributed by atoms with Crippen LogP contribution in [0.25, 0.3) is 0 Å². The molecule has 0 bridgehead atoms. The van der Waals surface area contributed by atoms with Crippen LogP contribution in [0.5, 0.6) is 0 Å². The number of aliphatic carboxylic acids is 1. The molecule has 0 amide bonds. The fraction of sp³-hybridized carbons (Fsp3) is 0.750. The number of carboxylic acids is 1. The van der Waals surface area contributed by atoms with Gasteiger partial charge in [-0.25, -0.2) is 0 Å². The topological polar surface area (TPSA) is 104 Å². The number of hydrogen-bond acceptors (Lipinski definition) is 5. The molecule has 0 aromatic heterocycles. The molecule has 22 heavy (non-hydrogen) atoms. The van der Waals surface area contributed by atoms with Gasteiger partial charge in [0.2, 0.25) is 0 Å². The molecule has 0 fully saturated rings. The molecule has 1 unspecified atom stereocenters. The van der Waals surface area contributed by atoms with Crippen molar-refractivity contribution in [3.63, 3.8) is 0 Å². The van der Waals surface area contributed by atoms with Crippen molar-refractivity contribution in [1.29, 1.82) is 0 Å². The van der Waals surface area contributed by atoms with Crippen LogP contribution in [0.1, 0.15) is 58.3 Å². The van der Waals surface area contributed by atoms with Crippen LogP contribution in [0.2, 0.25) is 0 Å². The molecule has 1 atom stereocenters. The van der Waals surface area contributed by atoms with Gasteiger partial charge in [-0.1, -0.05) is 31.8 Å². The van der Waals surface area contributed by atoms with E-state index in [1.165, 1.54) is 19.3 Å². The lowest BCUT2D eigenvalue weighted by Gasteiger charge is -2.08. The molecule has 0 aromatic carbocycles. The maximum Gasteiger partial charge on any atom is 0.305 e. The number of allylic oxidation sites excluding steroid dienone is 1. The van der Waals surface area contributed by atoms with Gasteiger partial charge < -0.3 is 20.1 Å². The number of carbonyl (C=O) groups is 2. The predicted octanol–water partition coefficient (Wildman–Crippen LogP) is 2.28. The average Bonchev–Trinajstić information content (AvgIpc) is 2.46. The van der Waals surface area contributed by atoms with Crippen molar-refractivity contribution < 1.29 is 29.6 Å². The normalized spacial score (nSPS) is 11.0. The van der Waals surface area contributed by atoms with Gasteiger partial charge in [-0.3, -0.25) is 9.59 Å². The minimum absolute atomic E-state index is 0.114. The number of ether oxygens (including phenoxy) is 1. The molecule has 0 saturated carbocycles. The first-order valence-electron chi connectivity index (χ1n) is 7.69. The van der Waals surface area contributed by atoms with E-state index in [4.69, 9.17) is 24.9 Å². The zero-order valence-electron chi connectivity index (χ0n) is 13.5. The molecular weight excluding hydrogens is 288 g/mol. The van der Waals surface area contributed by atoms with Gasteiger partial charge in [0.15, 0.2) is 0 Å². The number of carbonyl (C=O) groups excluding carboxylic acids is 1. The molecule has 0 heterocycles. The van der Waals surface area contributed by atoms with E-state index in [1.807, 2.05) is 6.08 Å². The van der Waals surface area contributed by atoms with E-state index >= 15 is 0 Å². The van der Waals surface area contributed by atoms with E-state index in [0.717, 1.165) is 32.6 Å². The Morgan fingerprint density at radius 1 is 1.14 bits per heavy atom. The number of carboxylic acid groups (broad SMARTS) is 1. The maximum absolute atomic E-state index is 11.2. The van der Waals surface area contributed by atoms with Crippen molar-refractivity contribution in [2.75, 3.05) is 13.2 Å². The lowest BCUT2D eigenvalue weighted by Crippen LogP contribution is -2.21. The highest BCUT2D eigenvalue weighted by Crippen LogP contribution is 2.09. The number of aliphatic hydroxyl groups is 2. The predicted molar refractivity (Wildman–Crippen MR) is 84.5 cm³/mol. The van der Waals surface area contributed by atoms with Gasteiger partial charge in [-0.15, -0.1) is 6.58 Å². The summed E-state index contributed by atoms with van der Waals surface area (Å²) in [6.07, 6.45) is 9.08. The summed E-state index contributed by atoms with van der Waals surface area (Å²) in [4.78, 5) is 20.2. The zero-order valence-corrected chi connectivity index (χ0v) is 13.5. The Labute approximate surface area is 132 Å². The number of hydrogen-bond donors (Lipinski definition) is 3. The minimum atomic E-state index is -0.959.